The van der Waals surface area contributed by atoms with Gasteiger partial charge in [-0.25, -0.2) is 0 Å². The molecule has 3 atom stereocenters. The average molecular weight is 204 g/mol. The van der Waals surface area contributed by atoms with Crippen LogP contribution < -0.4 is 0 Å². The molecule has 1 N–H and O–H groups in total. The number of hydrogen-bond acceptors (Lipinski definition) is 1. The topological polar surface area (TPSA) is 20.2 Å². The highest BCUT2D eigenvalue weighted by Crippen LogP contribution is 2.58. The molecule has 0 spiro atoms. The van der Waals surface area contributed by atoms with E-state index in [1.165, 1.54) is 17.5 Å². The van der Waals surface area contributed by atoms with E-state index in [2.05, 4.69) is 45.0 Å². The number of hydrogen-bond donors (Lipinski definition) is 1. The molecule has 2 rings (SSSR count). The van der Waals surface area contributed by atoms with E-state index in [1.54, 1.807) is 0 Å². The molecule has 0 saturated heterocycles. The largest absolute Gasteiger partial charge is 0.396 e. The van der Waals surface area contributed by atoms with Crippen molar-refractivity contribution in [2.45, 2.75) is 33.1 Å². The van der Waals surface area contributed by atoms with Crippen LogP contribution in [0.2, 0.25) is 0 Å². The first-order valence-corrected chi connectivity index (χ1v) is 5.74. The first kappa shape index (κ1) is 10.7. The number of aliphatic hydroxyl groups is 1. The van der Waals surface area contributed by atoms with Crippen molar-refractivity contribution in [2.24, 2.45) is 11.3 Å². The monoisotopic (exact) mass is 204 g/mol. The Hall–Kier alpha value is -0.820. The van der Waals surface area contributed by atoms with Crippen molar-refractivity contribution in [3.05, 3.63) is 35.4 Å². The van der Waals surface area contributed by atoms with Gasteiger partial charge in [-0.15, -0.1) is 0 Å². The van der Waals surface area contributed by atoms with Gasteiger partial charge in [-0.3, -0.25) is 0 Å². The lowest BCUT2D eigenvalue weighted by Crippen LogP contribution is -2.08. The highest BCUT2D eigenvalue weighted by molar-refractivity contribution is 5.26. The van der Waals surface area contributed by atoms with Gasteiger partial charge in [0.05, 0.1) is 0 Å². The number of aryl methyl sites for hydroxylation is 1. The van der Waals surface area contributed by atoms with Gasteiger partial charge in [0.15, 0.2) is 0 Å². The van der Waals surface area contributed by atoms with E-state index >= 15 is 0 Å². The smallest absolute Gasteiger partial charge is 0.0487 e. The molecule has 0 bridgehead atoms. The maximum absolute atomic E-state index is 9.28. The second-order valence-electron chi connectivity index (χ2n) is 5.32. The highest BCUT2D eigenvalue weighted by atomic mass is 16.3. The van der Waals surface area contributed by atoms with Crippen LogP contribution in [0.4, 0.5) is 0 Å². The Morgan fingerprint density at radius 2 is 2.00 bits per heavy atom. The molecule has 1 aromatic rings. The lowest BCUT2D eigenvalue weighted by atomic mass is 9.91. The van der Waals surface area contributed by atoms with Gasteiger partial charge in [-0.1, -0.05) is 43.7 Å². The Morgan fingerprint density at radius 3 is 2.47 bits per heavy atom. The van der Waals surface area contributed by atoms with Crippen molar-refractivity contribution in [3.63, 3.8) is 0 Å². The summed E-state index contributed by atoms with van der Waals surface area (Å²) in [5, 5.41) is 9.28. The van der Waals surface area contributed by atoms with Crippen LogP contribution in [-0.2, 0) is 0 Å². The van der Waals surface area contributed by atoms with Crippen LogP contribution in [0.1, 0.15) is 37.3 Å². The van der Waals surface area contributed by atoms with E-state index in [9.17, 15) is 5.11 Å². The van der Waals surface area contributed by atoms with E-state index in [4.69, 9.17) is 0 Å². The Balaban J connectivity index is 2.10. The van der Waals surface area contributed by atoms with Gasteiger partial charge in [0.1, 0.15) is 0 Å². The third-order valence-electron chi connectivity index (χ3n) is 3.99. The molecule has 1 heteroatoms. The summed E-state index contributed by atoms with van der Waals surface area (Å²) in [7, 11) is 0. The van der Waals surface area contributed by atoms with E-state index in [0.717, 1.165) is 0 Å². The van der Waals surface area contributed by atoms with Gasteiger partial charge in [0.2, 0.25) is 0 Å². The quantitative estimate of drug-likeness (QED) is 0.802. The minimum atomic E-state index is 0.185. The van der Waals surface area contributed by atoms with Crippen LogP contribution in [-0.4, -0.2) is 11.7 Å². The van der Waals surface area contributed by atoms with E-state index in [1.807, 2.05) is 0 Å². The molecule has 0 aliphatic heterocycles. The summed E-state index contributed by atoms with van der Waals surface area (Å²) < 4.78 is 0. The Labute approximate surface area is 92.1 Å². The number of benzene rings is 1. The fourth-order valence-electron chi connectivity index (χ4n) is 2.51. The first-order valence-electron chi connectivity index (χ1n) is 5.74. The lowest BCUT2D eigenvalue weighted by molar-refractivity contribution is 0.207. The van der Waals surface area contributed by atoms with Crippen LogP contribution in [0, 0.1) is 18.3 Å². The van der Waals surface area contributed by atoms with Crippen molar-refractivity contribution in [1.29, 1.82) is 0 Å². The standard InChI is InChI=1S/C14H20O/c1-10-4-6-12(7-5-10)11(2)13-8-14(13,3)9-15/h4-7,11,13,15H,8-9H2,1-3H3. The molecule has 1 nitrogen and oxygen atoms in total. The third-order valence-corrected chi connectivity index (χ3v) is 3.99. The molecule has 1 fully saturated rings. The summed E-state index contributed by atoms with van der Waals surface area (Å²) >= 11 is 0. The molecule has 0 aromatic heterocycles. The second kappa shape index (κ2) is 3.64. The third kappa shape index (κ3) is 1.93. The highest BCUT2D eigenvalue weighted by Gasteiger charge is 2.52. The molecule has 1 aliphatic rings. The molecule has 1 saturated carbocycles. The fourth-order valence-corrected chi connectivity index (χ4v) is 2.51. The summed E-state index contributed by atoms with van der Waals surface area (Å²) in [6.45, 7) is 6.90. The van der Waals surface area contributed by atoms with Crippen molar-refractivity contribution in [1.82, 2.24) is 0 Å². The maximum Gasteiger partial charge on any atom is 0.0487 e. The molecule has 82 valence electrons. The van der Waals surface area contributed by atoms with Crippen LogP contribution in [0.5, 0.6) is 0 Å². The molecule has 15 heavy (non-hydrogen) atoms. The number of rotatable bonds is 3. The molecule has 1 aromatic carbocycles. The minimum Gasteiger partial charge on any atom is -0.396 e. The average Bonchev–Trinajstić information content (AvgIpc) is 2.92. The summed E-state index contributed by atoms with van der Waals surface area (Å²) in [5.41, 5.74) is 2.90. The van der Waals surface area contributed by atoms with Gasteiger partial charge in [-0.05, 0) is 36.2 Å². The summed E-state index contributed by atoms with van der Waals surface area (Å²) in [6.07, 6.45) is 1.17. The molecular formula is C14H20O. The zero-order valence-electron chi connectivity index (χ0n) is 9.83. The Morgan fingerprint density at radius 1 is 1.40 bits per heavy atom. The fraction of sp³-hybridized carbons (Fsp3) is 0.571. The summed E-state index contributed by atoms with van der Waals surface area (Å²) in [6, 6.07) is 8.78. The van der Waals surface area contributed by atoms with Crippen LogP contribution in [0.25, 0.3) is 0 Å². The SMILES string of the molecule is Cc1ccc(C(C)C2CC2(C)CO)cc1. The Bertz CT molecular complexity index is 341. The molecule has 3 unspecified atom stereocenters. The predicted molar refractivity (Wildman–Crippen MR) is 62.9 cm³/mol. The van der Waals surface area contributed by atoms with Gasteiger partial charge >= 0.3 is 0 Å². The van der Waals surface area contributed by atoms with Crippen molar-refractivity contribution in [2.75, 3.05) is 6.61 Å². The van der Waals surface area contributed by atoms with E-state index < -0.39 is 0 Å². The lowest BCUT2D eigenvalue weighted by Gasteiger charge is -2.15. The molecule has 1 aliphatic carbocycles. The van der Waals surface area contributed by atoms with Gasteiger partial charge in [0.25, 0.3) is 0 Å². The Kier molecular flexibility index (Phi) is 2.59. The van der Waals surface area contributed by atoms with E-state index in [-0.39, 0.29) is 5.41 Å². The minimum absolute atomic E-state index is 0.185. The maximum atomic E-state index is 9.28. The molecular weight excluding hydrogens is 184 g/mol. The normalized spacial score (nSPS) is 31.3. The first-order chi connectivity index (χ1) is 7.07. The van der Waals surface area contributed by atoms with Gasteiger partial charge < -0.3 is 5.11 Å². The van der Waals surface area contributed by atoms with Crippen LogP contribution in [0.15, 0.2) is 24.3 Å². The molecule has 0 heterocycles. The van der Waals surface area contributed by atoms with Crippen LogP contribution >= 0.6 is 0 Å². The molecule has 0 amide bonds. The summed E-state index contributed by atoms with van der Waals surface area (Å²) in [5.74, 6) is 1.23. The predicted octanol–water partition coefficient (Wildman–Crippen LogP) is 3.12. The zero-order valence-corrected chi connectivity index (χ0v) is 9.83. The number of aliphatic hydroxyl groups excluding tert-OH is 1. The van der Waals surface area contributed by atoms with Crippen molar-refractivity contribution >= 4 is 0 Å². The second-order valence-corrected chi connectivity index (χ2v) is 5.32. The van der Waals surface area contributed by atoms with Gasteiger partial charge in [0, 0.05) is 6.61 Å². The van der Waals surface area contributed by atoms with Crippen molar-refractivity contribution < 1.29 is 5.11 Å². The van der Waals surface area contributed by atoms with E-state index in [0.29, 0.717) is 18.4 Å². The van der Waals surface area contributed by atoms with Gasteiger partial charge in [-0.2, -0.15) is 0 Å². The van der Waals surface area contributed by atoms with Crippen molar-refractivity contribution in [3.8, 4) is 0 Å². The summed E-state index contributed by atoms with van der Waals surface area (Å²) in [4.78, 5) is 0. The molecule has 0 radical (unpaired) electrons. The van der Waals surface area contributed by atoms with Crippen LogP contribution in [0.3, 0.4) is 0 Å². The zero-order chi connectivity index (χ0) is 11.1.